The van der Waals surface area contributed by atoms with E-state index in [-0.39, 0.29) is 5.97 Å². The molecule has 5 heteroatoms. The molecule has 0 aliphatic carbocycles. The Kier molecular flexibility index (Phi) is 3.62. The van der Waals surface area contributed by atoms with Gasteiger partial charge in [-0.15, -0.1) is 0 Å². The van der Waals surface area contributed by atoms with E-state index in [1.54, 1.807) is 35.1 Å². The quantitative estimate of drug-likeness (QED) is 0.774. The van der Waals surface area contributed by atoms with Gasteiger partial charge in [-0.3, -0.25) is 0 Å². The first-order valence-electron chi connectivity index (χ1n) is 5.50. The third kappa shape index (κ3) is 2.68. The molecule has 0 saturated carbocycles. The maximum atomic E-state index is 11.4. The first kappa shape index (κ1) is 12.2. The molecule has 0 saturated heterocycles. The van der Waals surface area contributed by atoms with Crippen molar-refractivity contribution < 1.29 is 14.3 Å². The van der Waals surface area contributed by atoms with E-state index in [9.17, 15) is 4.79 Å². The van der Waals surface area contributed by atoms with Crippen LogP contribution < -0.4 is 4.74 Å². The zero-order valence-corrected chi connectivity index (χ0v) is 10.3. The minimum Gasteiger partial charge on any atom is -0.471 e. The van der Waals surface area contributed by atoms with Crippen molar-refractivity contribution in [3.8, 4) is 5.75 Å². The predicted octanol–water partition coefficient (Wildman–Crippen LogP) is 2.01. The predicted molar refractivity (Wildman–Crippen MR) is 65.4 cm³/mol. The van der Waals surface area contributed by atoms with Crippen LogP contribution in [0.1, 0.15) is 16.1 Å². The van der Waals surface area contributed by atoms with Crippen molar-refractivity contribution in [2.24, 2.45) is 0 Å². The van der Waals surface area contributed by atoms with Gasteiger partial charge in [0.05, 0.1) is 12.7 Å². The topological polar surface area (TPSA) is 53.4 Å². The molecule has 0 N–H and O–H groups in total. The second-order valence-electron chi connectivity index (χ2n) is 3.76. The van der Waals surface area contributed by atoms with Gasteiger partial charge in [0.2, 0.25) is 0 Å². The normalized spacial score (nSPS) is 10.1. The highest BCUT2D eigenvalue weighted by molar-refractivity contribution is 5.89. The number of aryl methyl sites for hydroxylation is 1. The van der Waals surface area contributed by atoms with Crippen molar-refractivity contribution in [1.82, 2.24) is 9.78 Å². The van der Waals surface area contributed by atoms with Crippen LogP contribution in [0.5, 0.6) is 5.75 Å². The zero-order chi connectivity index (χ0) is 13.0. The summed E-state index contributed by atoms with van der Waals surface area (Å²) in [7, 11) is 1.35. The molecule has 1 heterocycles. The van der Waals surface area contributed by atoms with Crippen LogP contribution in [-0.4, -0.2) is 22.9 Å². The van der Waals surface area contributed by atoms with Crippen molar-refractivity contribution in [2.45, 2.75) is 13.7 Å². The van der Waals surface area contributed by atoms with Crippen molar-refractivity contribution in [3.05, 3.63) is 47.8 Å². The summed E-state index contributed by atoms with van der Waals surface area (Å²) in [5.74, 6) is 0.225. The molecule has 0 amide bonds. The summed E-state index contributed by atoms with van der Waals surface area (Å²) in [6.07, 6.45) is 1.71. The second-order valence-corrected chi connectivity index (χ2v) is 3.76. The van der Waals surface area contributed by atoms with E-state index in [2.05, 4.69) is 9.84 Å². The summed E-state index contributed by atoms with van der Waals surface area (Å²) >= 11 is 0. The van der Waals surface area contributed by atoms with Gasteiger partial charge in [0.25, 0.3) is 0 Å². The number of methoxy groups -OCH3 is 1. The minimum atomic E-state index is -0.379. The molecule has 0 aliphatic rings. The van der Waals surface area contributed by atoms with Crippen LogP contribution >= 0.6 is 0 Å². The van der Waals surface area contributed by atoms with Crippen LogP contribution in [0.25, 0.3) is 0 Å². The van der Waals surface area contributed by atoms with E-state index in [1.807, 2.05) is 13.0 Å². The largest absolute Gasteiger partial charge is 0.471 e. The monoisotopic (exact) mass is 246 g/mol. The van der Waals surface area contributed by atoms with Crippen molar-refractivity contribution in [1.29, 1.82) is 0 Å². The van der Waals surface area contributed by atoms with Crippen molar-refractivity contribution in [3.63, 3.8) is 0 Å². The fraction of sp³-hybridized carbons (Fsp3) is 0.231. The summed E-state index contributed by atoms with van der Waals surface area (Å²) in [5, 5.41) is 4.10. The Morgan fingerprint density at radius 1 is 1.39 bits per heavy atom. The Hall–Kier alpha value is -2.30. The van der Waals surface area contributed by atoms with Crippen LogP contribution in [0.3, 0.4) is 0 Å². The number of benzene rings is 1. The summed E-state index contributed by atoms with van der Waals surface area (Å²) in [6.45, 7) is 2.25. The Labute approximate surface area is 105 Å². The Balaban J connectivity index is 2.06. The van der Waals surface area contributed by atoms with E-state index >= 15 is 0 Å². The fourth-order valence-corrected chi connectivity index (χ4v) is 1.50. The molecule has 0 spiro atoms. The van der Waals surface area contributed by atoms with Gasteiger partial charge in [-0.05, 0) is 31.2 Å². The molecule has 0 atom stereocenters. The number of hydrogen-bond acceptors (Lipinski definition) is 4. The maximum Gasteiger partial charge on any atom is 0.337 e. The first-order chi connectivity index (χ1) is 8.70. The molecule has 5 nitrogen and oxygen atoms in total. The lowest BCUT2D eigenvalue weighted by Crippen LogP contribution is -2.08. The highest BCUT2D eigenvalue weighted by atomic mass is 16.5. The van der Waals surface area contributed by atoms with Gasteiger partial charge in [-0.1, -0.05) is 6.07 Å². The van der Waals surface area contributed by atoms with Gasteiger partial charge in [0, 0.05) is 11.9 Å². The summed E-state index contributed by atoms with van der Waals surface area (Å²) in [5.41, 5.74) is 1.48. The molecule has 18 heavy (non-hydrogen) atoms. The lowest BCUT2D eigenvalue weighted by atomic mass is 10.2. The van der Waals surface area contributed by atoms with Crippen molar-refractivity contribution in [2.75, 3.05) is 7.11 Å². The highest BCUT2D eigenvalue weighted by Gasteiger charge is 2.06. The number of carbonyl (C=O) groups excluding carboxylic acids is 1. The fourth-order valence-electron chi connectivity index (χ4n) is 1.50. The van der Waals surface area contributed by atoms with E-state index in [0.717, 1.165) is 5.69 Å². The zero-order valence-electron chi connectivity index (χ0n) is 10.3. The van der Waals surface area contributed by atoms with Crippen LogP contribution in [0.2, 0.25) is 0 Å². The SMILES string of the molecule is COC(=O)c1cccc(OCn2nccc2C)c1. The van der Waals surface area contributed by atoms with E-state index in [0.29, 0.717) is 18.0 Å². The van der Waals surface area contributed by atoms with Gasteiger partial charge in [0.15, 0.2) is 6.73 Å². The molecule has 1 aromatic heterocycles. The summed E-state index contributed by atoms with van der Waals surface area (Å²) in [4.78, 5) is 11.4. The van der Waals surface area contributed by atoms with Gasteiger partial charge < -0.3 is 9.47 Å². The van der Waals surface area contributed by atoms with Gasteiger partial charge in [0.1, 0.15) is 5.75 Å². The lowest BCUT2D eigenvalue weighted by molar-refractivity contribution is 0.0600. The van der Waals surface area contributed by atoms with Gasteiger partial charge >= 0.3 is 5.97 Å². The average Bonchev–Trinajstić information content (AvgIpc) is 2.81. The molecule has 0 unspecified atom stereocenters. The van der Waals surface area contributed by atoms with Crippen LogP contribution in [0.4, 0.5) is 0 Å². The first-order valence-corrected chi connectivity index (χ1v) is 5.50. The molecule has 0 aliphatic heterocycles. The van der Waals surface area contributed by atoms with E-state index < -0.39 is 0 Å². The number of hydrogen-bond donors (Lipinski definition) is 0. The average molecular weight is 246 g/mol. The third-order valence-electron chi connectivity index (χ3n) is 2.54. The number of nitrogens with zero attached hydrogens (tertiary/aromatic N) is 2. The van der Waals surface area contributed by atoms with Gasteiger partial charge in [-0.25, -0.2) is 9.48 Å². The number of esters is 1. The van der Waals surface area contributed by atoms with E-state index in [4.69, 9.17) is 4.74 Å². The van der Waals surface area contributed by atoms with Crippen molar-refractivity contribution >= 4 is 5.97 Å². The second kappa shape index (κ2) is 5.35. The smallest absolute Gasteiger partial charge is 0.337 e. The molecule has 1 aromatic carbocycles. The van der Waals surface area contributed by atoms with E-state index in [1.165, 1.54) is 7.11 Å². The number of rotatable bonds is 4. The van der Waals surface area contributed by atoms with Crippen LogP contribution in [0.15, 0.2) is 36.5 Å². The Morgan fingerprint density at radius 2 is 2.22 bits per heavy atom. The number of aromatic nitrogens is 2. The highest BCUT2D eigenvalue weighted by Crippen LogP contribution is 2.14. The molecular weight excluding hydrogens is 232 g/mol. The molecular formula is C13H14N2O3. The molecule has 2 aromatic rings. The van der Waals surface area contributed by atoms with Crippen LogP contribution in [0, 0.1) is 6.92 Å². The lowest BCUT2D eigenvalue weighted by Gasteiger charge is -2.08. The standard InChI is InChI=1S/C13H14N2O3/c1-10-6-7-14-15(10)9-18-12-5-3-4-11(8-12)13(16)17-2/h3-8H,9H2,1-2H3. The third-order valence-corrected chi connectivity index (χ3v) is 2.54. The summed E-state index contributed by atoms with van der Waals surface area (Å²) < 4.78 is 11.9. The molecule has 0 bridgehead atoms. The number of carbonyl (C=O) groups is 1. The maximum absolute atomic E-state index is 11.4. The summed E-state index contributed by atoms with van der Waals surface area (Å²) in [6, 6.07) is 8.75. The molecule has 94 valence electrons. The molecule has 0 radical (unpaired) electrons. The van der Waals surface area contributed by atoms with Gasteiger partial charge in [-0.2, -0.15) is 5.10 Å². The molecule has 0 fully saturated rings. The van der Waals surface area contributed by atoms with Crippen LogP contribution in [-0.2, 0) is 11.5 Å². The number of ether oxygens (including phenoxy) is 2. The Bertz CT molecular complexity index is 549. The Morgan fingerprint density at radius 3 is 2.89 bits per heavy atom. The molecule has 2 rings (SSSR count). The minimum absolute atomic E-state index is 0.309.